The third-order valence-corrected chi connectivity index (χ3v) is 5.09. The summed E-state index contributed by atoms with van der Waals surface area (Å²) < 4.78 is 42.4. The normalized spacial score (nSPS) is 11.8. The molecular formula is C22H12ClF3N6O. The number of nitrogens with one attached hydrogen (secondary N) is 1. The number of aromatic nitrogens is 5. The van der Waals surface area contributed by atoms with Gasteiger partial charge in [-0.1, -0.05) is 23.7 Å². The Balaban J connectivity index is 1.82. The van der Waals surface area contributed by atoms with Crippen LogP contribution in [0.15, 0.2) is 71.7 Å². The minimum Gasteiger partial charge on any atom is -0.319 e. The van der Waals surface area contributed by atoms with Crippen molar-refractivity contribution in [3.8, 4) is 11.4 Å². The molecule has 5 aromatic rings. The van der Waals surface area contributed by atoms with Gasteiger partial charge >= 0.3 is 6.18 Å². The van der Waals surface area contributed by atoms with Crippen LogP contribution in [0.2, 0.25) is 5.02 Å². The molecule has 0 bridgehead atoms. The van der Waals surface area contributed by atoms with Crippen molar-refractivity contribution in [1.29, 1.82) is 0 Å². The van der Waals surface area contributed by atoms with Gasteiger partial charge in [0.05, 0.1) is 11.1 Å². The molecule has 2 aromatic carbocycles. The molecule has 3 heterocycles. The molecule has 11 heteroatoms. The van der Waals surface area contributed by atoms with E-state index >= 15 is 0 Å². The first kappa shape index (κ1) is 20.8. The highest BCUT2D eigenvalue weighted by Crippen LogP contribution is 2.36. The molecule has 0 spiro atoms. The van der Waals surface area contributed by atoms with Gasteiger partial charge in [-0.05, 0) is 48.5 Å². The molecule has 33 heavy (non-hydrogen) atoms. The highest BCUT2D eigenvalue weighted by molar-refractivity contribution is 6.30. The summed E-state index contributed by atoms with van der Waals surface area (Å²) in [5.41, 5.74) is -1.11. The number of rotatable bonds is 3. The van der Waals surface area contributed by atoms with E-state index in [9.17, 15) is 18.0 Å². The van der Waals surface area contributed by atoms with Crippen LogP contribution >= 0.6 is 11.6 Å². The van der Waals surface area contributed by atoms with Crippen LogP contribution in [0.3, 0.4) is 0 Å². The Kier molecular flexibility index (Phi) is 4.94. The second-order valence-corrected chi connectivity index (χ2v) is 7.42. The zero-order chi connectivity index (χ0) is 23.2. The van der Waals surface area contributed by atoms with Gasteiger partial charge in [0, 0.05) is 22.2 Å². The van der Waals surface area contributed by atoms with Crippen molar-refractivity contribution in [2.45, 2.75) is 6.18 Å². The fraction of sp³-hybridized carbons (Fsp3) is 0.0455. The van der Waals surface area contributed by atoms with E-state index in [4.69, 9.17) is 11.6 Å². The Morgan fingerprint density at radius 3 is 2.48 bits per heavy atom. The molecule has 0 saturated heterocycles. The highest BCUT2D eigenvalue weighted by Gasteiger charge is 2.34. The van der Waals surface area contributed by atoms with Gasteiger partial charge in [0.2, 0.25) is 5.95 Å². The molecule has 0 aliphatic rings. The molecule has 0 fully saturated rings. The average molecular weight is 469 g/mol. The maximum absolute atomic E-state index is 13.7. The lowest BCUT2D eigenvalue weighted by molar-refractivity contribution is -0.136. The standard InChI is InChI=1S/C22H12ClF3N6O/c23-13-9-7-12(8-10-13)18-30-19-14-4-3-5-15(22(24,25)26)17(14)29-21(32(19)31-18)28-16-6-1-2-11-27-20(16)33/h1-11H,(H,27,28,29,33). The molecule has 0 unspecified atom stereocenters. The van der Waals surface area contributed by atoms with Crippen LogP contribution in [0, 0.1) is 0 Å². The van der Waals surface area contributed by atoms with Crippen LogP contribution in [0.5, 0.6) is 0 Å². The van der Waals surface area contributed by atoms with E-state index in [1.165, 1.54) is 28.9 Å². The van der Waals surface area contributed by atoms with Gasteiger partial charge in [0.1, 0.15) is 5.69 Å². The number of alkyl halides is 3. The summed E-state index contributed by atoms with van der Waals surface area (Å²) >= 11 is 5.95. The van der Waals surface area contributed by atoms with Gasteiger partial charge in [-0.15, -0.1) is 5.10 Å². The van der Waals surface area contributed by atoms with Crippen LogP contribution in [-0.2, 0) is 6.18 Å². The smallest absolute Gasteiger partial charge is 0.319 e. The van der Waals surface area contributed by atoms with Crippen molar-refractivity contribution in [2.75, 3.05) is 5.32 Å². The van der Waals surface area contributed by atoms with Gasteiger partial charge in [-0.3, -0.25) is 4.79 Å². The van der Waals surface area contributed by atoms with Crippen LogP contribution < -0.4 is 10.9 Å². The van der Waals surface area contributed by atoms with Gasteiger partial charge in [-0.25, -0.2) is 15.0 Å². The average Bonchev–Trinajstić information content (AvgIpc) is 3.13. The topological polar surface area (TPSA) is 85.1 Å². The molecule has 0 amide bonds. The van der Waals surface area contributed by atoms with Gasteiger partial charge < -0.3 is 5.32 Å². The number of benzene rings is 2. The van der Waals surface area contributed by atoms with Gasteiger partial charge in [0.15, 0.2) is 11.5 Å². The number of hydrogen-bond acceptors (Lipinski definition) is 6. The molecule has 1 N–H and O–H groups in total. The summed E-state index contributed by atoms with van der Waals surface area (Å²) in [6.07, 6.45) is -3.33. The van der Waals surface area contributed by atoms with Crippen LogP contribution in [0.1, 0.15) is 5.56 Å². The second kappa shape index (κ2) is 7.82. The lowest BCUT2D eigenvalue weighted by atomic mass is 10.1. The Hall–Kier alpha value is -4.05. The Morgan fingerprint density at radius 2 is 1.73 bits per heavy atom. The number of halogens is 4. The molecule has 0 atom stereocenters. The minimum atomic E-state index is -4.65. The Morgan fingerprint density at radius 1 is 0.939 bits per heavy atom. The Labute approximate surface area is 188 Å². The highest BCUT2D eigenvalue weighted by atomic mass is 35.5. The van der Waals surface area contributed by atoms with Crippen molar-refractivity contribution in [3.63, 3.8) is 0 Å². The van der Waals surface area contributed by atoms with Crippen molar-refractivity contribution < 1.29 is 13.2 Å². The van der Waals surface area contributed by atoms with Crippen molar-refractivity contribution in [3.05, 3.63) is 87.8 Å². The number of para-hydroxylation sites is 1. The fourth-order valence-electron chi connectivity index (χ4n) is 3.33. The molecule has 0 aliphatic carbocycles. The van der Waals surface area contributed by atoms with Crippen LogP contribution in [0.4, 0.5) is 24.8 Å². The first-order valence-corrected chi connectivity index (χ1v) is 9.94. The van der Waals surface area contributed by atoms with E-state index in [0.717, 1.165) is 6.07 Å². The van der Waals surface area contributed by atoms with E-state index < -0.39 is 17.3 Å². The number of nitrogens with zero attached hydrogens (tertiary/aromatic N) is 5. The first-order chi connectivity index (χ1) is 15.8. The number of hydrogen-bond donors (Lipinski definition) is 1. The zero-order valence-electron chi connectivity index (χ0n) is 16.5. The molecule has 0 radical (unpaired) electrons. The third kappa shape index (κ3) is 3.85. The van der Waals surface area contributed by atoms with Crippen molar-refractivity contribution in [1.82, 2.24) is 24.6 Å². The molecule has 164 valence electrons. The van der Waals surface area contributed by atoms with Gasteiger partial charge in [0.25, 0.3) is 5.56 Å². The molecule has 0 saturated carbocycles. The summed E-state index contributed by atoms with van der Waals surface area (Å²) in [5, 5.41) is 7.86. The summed E-state index contributed by atoms with van der Waals surface area (Å²) in [5.74, 6) is 0.132. The molecule has 0 aliphatic heterocycles. The quantitative estimate of drug-likeness (QED) is 0.396. The van der Waals surface area contributed by atoms with Gasteiger partial charge in [-0.2, -0.15) is 17.7 Å². The summed E-state index contributed by atoms with van der Waals surface area (Å²) in [6.45, 7) is 0. The summed E-state index contributed by atoms with van der Waals surface area (Å²) in [6, 6.07) is 15.0. The molecule has 3 aromatic heterocycles. The fourth-order valence-corrected chi connectivity index (χ4v) is 3.46. The van der Waals surface area contributed by atoms with E-state index in [0.29, 0.717) is 10.6 Å². The first-order valence-electron chi connectivity index (χ1n) is 9.56. The predicted octanol–water partition coefficient (Wildman–Crippen LogP) is 5.12. The van der Waals surface area contributed by atoms with Crippen molar-refractivity contribution >= 4 is 39.8 Å². The second-order valence-electron chi connectivity index (χ2n) is 6.99. The summed E-state index contributed by atoms with van der Waals surface area (Å²) in [7, 11) is 0. The van der Waals surface area contributed by atoms with Crippen LogP contribution in [-0.4, -0.2) is 24.6 Å². The van der Waals surface area contributed by atoms with Crippen molar-refractivity contribution in [2.24, 2.45) is 0 Å². The largest absolute Gasteiger partial charge is 0.418 e. The van der Waals surface area contributed by atoms with E-state index in [-0.39, 0.29) is 34.0 Å². The zero-order valence-corrected chi connectivity index (χ0v) is 17.3. The molecule has 5 rings (SSSR count). The summed E-state index contributed by atoms with van der Waals surface area (Å²) in [4.78, 5) is 24.6. The lowest BCUT2D eigenvalue weighted by Gasteiger charge is -2.12. The van der Waals surface area contributed by atoms with E-state index in [2.05, 4.69) is 25.4 Å². The number of fused-ring (bicyclic) bond motifs is 3. The molecule has 7 nitrogen and oxygen atoms in total. The monoisotopic (exact) mass is 468 g/mol. The number of anilines is 2. The van der Waals surface area contributed by atoms with E-state index in [1.54, 1.807) is 36.4 Å². The Bertz CT molecular complexity index is 1570. The maximum atomic E-state index is 13.7. The lowest BCUT2D eigenvalue weighted by Crippen LogP contribution is -2.13. The SMILES string of the molecule is O=c1nccccc1Nc1nc2c(C(F)(F)F)cccc2c2nc(-c3ccc(Cl)cc3)nn12. The third-order valence-electron chi connectivity index (χ3n) is 4.84. The van der Waals surface area contributed by atoms with Crippen LogP contribution in [0.25, 0.3) is 27.9 Å². The predicted molar refractivity (Wildman–Crippen MR) is 118 cm³/mol. The molecular weight excluding hydrogens is 457 g/mol. The van der Waals surface area contributed by atoms with E-state index in [1.807, 2.05) is 0 Å². The maximum Gasteiger partial charge on any atom is 0.418 e. The minimum absolute atomic E-state index is 0.0150.